The van der Waals surface area contributed by atoms with Crippen molar-refractivity contribution in [3.8, 4) is 0 Å². The molecular weight excluding hydrogens is 248 g/mol. The van der Waals surface area contributed by atoms with Crippen molar-refractivity contribution < 1.29 is 18.8 Å². The molecule has 1 amide bonds. The van der Waals surface area contributed by atoms with E-state index in [-0.39, 0.29) is 17.6 Å². The highest BCUT2D eigenvalue weighted by Crippen LogP contribution is 2.20. The van der Waals surface area contributed by atoms with Crippen molar-refractivity contribution in [2.75, 3.05) is 13.2 Å². The Morgan fingerprint density at radius 1 is 1.53 bits per heavy atom. The van der Waals surface area contributed by atoms with Gasteiger partial charge in [-0.1, -0.05) is 5.16 Å². The van der Waals surface area contributed by atoms with E-state index in [4.69, 9.17) is 9.26 Å². The van der Waals surface area contributed by atoms with Crippen LogP contribution < -0.4 is 0 Å². The summed E-state index contributed by atoms with van der Waals surface area (Å²) in [7, 11) is 0. The molecule has 0 bridgehead atoms. The number of aromatic nitrogens is 1. The van der Waals surface area contributed by atoms with Crippen LogP contribution in [0.25, 0.3) is 0 Å². The lowest BCUT2D eigenvalue weighted by atomic mass is 10.0. The standard InChI is InChI=1S/C13H18N2O4/c1-3-18-13(17)11-6-4-5-7-15(11)12(16)10-8-9(2)19-14-10/h8,11H,3-7H2,1-2H3. The number of rotatable bonds is 3. The molecule has 1 saturated heterocycles. The number of esters is 1. The Morgan fingerprint density at radius 2 is 2.32 bits per heavy atom. The number of aryl methyl sites for hydroxylation is 1. The maximum atomic E-state index is 12.3. The van der Waals surface area contributed by atoms with Crippen LogP contribution in [0, 0.1) is 6.92 Å². The monoisotopic (exact) mass is 266 g/mol. The lowest BCUT2D eigenvalue weighted by Crippen LogP contribution is -2.48. The third-order valence-corrected chi connectivity index (χ3v) is 3.17. The van der Waals surface area contributed by atoms with E-state index in [0.717, 1.165) is 12.8 Å². The molecule has 2 rings (SSSR count). The summed E-state index contributed by atoms with van der Waals surface area (Å²) in [4.78, 5) is 25.8. The quantitative estimate of drug-likeness (QED) is 0.776. The van der Waals surface area contributed by atoms with Gasteiger partial charge in [0, 0.05) is 12.6 Å². The molecule has 0 saturated carbocycles. The molecule has 1 aliphatic heterocycles. The summed E-state index contributed by atoms with van der Waals surface area (Å²) in [5.74, 6) is -0.0292. The van der Waals surface area contributed by atoms with Crippen LogP contribution in [0.4, 0.5) is 0 Å². The van der Waals surface area contributed by atoms with E-state index < -0.39 is 6.04 Å². The predicted molar refractivity (Wildman–Crippen MR) is 66.5 cm³/mol. The van der Waals surface area contributed by atoms with Gasteiger partial charge in [-0.25, -0.2) is 4.79 Å². The Hall–Kier alpha value is -1.85. The molecule has 1 aliphatic rings. The SMILES string of the molecule is CCOC(=O)C1CCCCN1C(=O)c1cc(C)on1. The highest BCUT2D eigenvalue weighted by molar-refractivity contribution is 5.95. The van der Waals surface area contributed by atoms with Crippen LogP contribution in [0.2, 0.25) is 0 Å². The second-order valence-electron chi connectivity index (χ2n) is 4.58. The molecule has 6 nitrogen and oxygen atoms in total. The fourth-order valence-corrected chi connectivity index (χ4v) is 2.27. The minimum absolute atomic E-state index is 0.244. The number of carbonyl (C=O) groups is 2. The van der Waals surface area contributed by atoms with Crippen molar-refractivity contribution in [1.29, 1.82) is 0 Å². The van der Waals surface area contributed by atoms with Gasteiger partial charge in [-0.15, -0.1) is 0 Å². The summed E-state index contributed by atoms with van der Waals surface area (Å²) in [5.41, 5.74) is 0.244. The van der Waals surface area contributed by atoms with Gasteiger partial charge in [-0.2, -0.15) is 0 Å². The zero-order valence-corrected chi connectivity index (χ0v) is 11.2. The molecule has 0 spiro atoms. The van der Waals surface area contributed by atoms with Gasteiger partial charge >= 0.3 is 5.97 Å². The Bertz CT molecular complexity index is 469. The zero-order chi connectivity index (χ0) is 13.8. The molecule has 6 heteroatoms. The normalized spacial score (nSPS) is 19.3. The summed E-state index contributed by atoms with van der Waals surface area (Å²) in [5, 5.41) is 3.71. The highest BCUT2D eigenvalue weighted by Gasteiger charge is 2.34. The van der Waals surface area contributed by atoms with E-state index in [1.54, 1.807) is 24.8 Å². The number of likely N-dealkylation sites (tertiary alicyclic amines) is 1. The fraction of sp³-hybridized carbons (Fsp3) is 0.615. The first kappa shape index (κ1) is 13.6. The van der Waals surface area contributed by atoms with Gasteiger partial charge in [0.1, 0.15) is 11.8 Å². The summed E-state index contributed by atoms with van der Waals surface area (Å²) >= 11 is 0. The first-order valence-corrected chi connectivity index (χ1v) is 6.54. The minimum atomic E-state index is -0.502. The lowest BCUT2D eigenvalue weighted by molar-refractivity contribution is -0.149. The third-order valence-electron chi connectivity index (χ3n) is 3.17. The average molecular weight is 266 g/mol. The van der Waals surface area contributed by atoms with E-state index in [1.165, 1.54) is 0 Å². The molecule has 1 unspecified atom stereocenters. The summed E-state index contributed by atoms with van der Waals surface area (Å²) in [6.45, 7) is 4.35. The Morgan fingerprint density at radius 3 is 2.95 bits per heavy atom. The topological polar surface area (TPSA) is 72.6 Å². The fourth-order valence-electron chi connectivity index (χ4n) is 2.27. The van der Waals surface area contributed by atoms with Gasteiger partial charge < -0.3 is 14.2 Å². The minimum Gasteiger partial charge on any atom is -0.464 e. The average Bonchev–Trinajstić information content (AvgIpc) is 2.85. The predicted octanol–water partition coefficient (Wildman–Crippen LogP) is 1.54. The van der Waals surface area contributed by atoms with Crippen LogP contribution in [0.3, 0.4) is 0 Å². The molecule has 0 N–H and O–H groups in total. The summed E-state index contributed by atoms with van der Waals surface area (Å²) < 4.78 is 9.93. The Kier molecular flexibility index (Phi) is 4.19. The second-order valence-corrected chi connectivity index (χ2v) is 4.58. The zero-order valence-electron chi connectivity index (χ0n) is 11.2. The molecule has 0 aliphatic carbocycles. The molecular formula is C13H18N2O4. The number of piperidine rings is 1. The third kappa shape index (κ3) is 2.94. The van der Waals surface area contributed by atoms with Gasteiger partial charge in [0.25, 0.3) is 5.91 Å². The Balaban J connectivity index is 2.15. The van der Waals surface area contributed by atoms with E-state index >= 15 is 0 Å². The molecule has 1 aromatic heterocycles. The van der Waals surface area contributed by atoms with Gasteiger partial charge in [0.05, 0.1) is 6.61 Å². The van der Waals surface area contributed by atoms with Gasteiger partial charge in [-0.05, 0) is 33.1 Å². The first-order chi connectivity index (χ1) is 9.13. The van der Waals surface area contributed by atoms with E-state index in [9.17, 15) is 9.59 Å². The number of hydrogen-bond acceptors (Lipinski definition) is 5. The van der Waals surface area contributed by atoms with Crippen LogP contribution >= 0.6 is 0 Å². The first-order valence-electron chi connectivity index (χ1n) is 6.54. The largest absolute Gasteiger partial charge is 0.464 e. The highest BCUT2D eigenvalue weighted by atomic mass is 16.5. The van der Waals surface area contributed by atoms with Crippen LogP contribution in [-0.2, 0) is 9.53 Å². The maximum Gasteiger partial charge on any atom is 0.328 e. The smallest absolute Gasteiger partial charge is 0.328 e. The van der Waals surface area contributed by atoms with Crippen LogP contribution in [0.5, 0.6) is 0 Å². The van der Waals surface area contributed by atoms with Crippen molar-refractivity contribution in [1.82, 2.24) is 10.1 Å². The number of nitrogens with zero attached hydrogens (tertiary/aromatic N) is 2. The molecule has 19 heavy (non-hydrogen) atoms. The van der Waals surface area contributed by atoms with Crippen molar-refractivity contribution in [2.24, 2.45) is 0 Å². The van der Waals surface area contributed by atoms with Crippen LogP contribution in [0.1, 0.15) is 42.4 Å². The second kappa shape index (κ2) is 5.86. The van der Waals surface area contributed by atoms with Crippen molar-refractivity contribution in [3.63, 3.8) is 0 Å². The van der Waals surface area contributed by atoms with Gasteiger partial charge in [-0.3, -0.25) is 4.79 Å². The molecule has 1 atom stereocenters. The molecule has 1 aromatic rings. The van der Waals surface area contributed by atoms with Gasteiger partial charge in [0.2, 0.25) is 0 Å². The van der Waals surface area contributed by atoms with Crippen molar-refractivity contribution >= 4 is 11.9 Å². The summed E-state index contributed by atoms with van der Waals surface area (Å²) in [6, 6.07) is 1.08. The van der Waals surface area contributed by atoms with Crippen molar-refractivity contribution in [2.45, 2.75) is 39.2 Å². The number of amides is 1. The van der Waals surface area contributed by atoms with Crippen LogP contribution in [0.15, 0.2) is 10.6 Å². The molecule has 2 heterocycles. The number of ether oxygens (including phenoxy) is 1. The van der Waals surface area contributed by atoms with Gasteiger partial charge in [0.15, 0.2) is 5.69 Å². The molecule has 0 radical (unpaired) electrons. The molecule has 1 fully saturated rings. The van der Waals surface area contributed by atoms with Crippen molar-refractivity contribution in [3.05, 3.63) is 17.5 Å². The summed E-state index contributed by atoms with van der Waals surface area (Å²) in [6.07, 6.45) is 2.45. The van der Waals surface area contributed by atoms with E-state index in [2.05, 4.69) is 5.16 Å². The molecule has 104 valence electrons. The van der Waals surface area contributed by atoms with E-state index in [0.29, 0.717) is 25.3 Å². The van der Waals surface area contributed by atoms with Crippen LogP contribution in [-0.4, -0.2) is 41.1 Å². The number of carbonyl (C=O) groups excluding carboxylic acids is 2. The van der Waals surface area contributed by atoms with E-state index in [1.807, 2.05) is 0 Å². The Labute approximate surface area is 111 Å². The maximum absolute atomic E-state index is 12.3. The number of hydrogen-bond donors (Lipinski definition) is 0. The lowest BCUT2D eigenvalue weighted by Gasteiger charge is -2.33. The molecule has 0 aromatic carbocycles.